The zero-order chi connectivity index (χ0) is 26.6. The molecule has 0 spiro atoms. The molecule has 0 unspecified atom stereocenters. The van der Waals surface area contributed by atoms with E-state index in [1.54, 1.807) is 36.2 Å². The van der Waals surface area contributed by atoms with Crippen molar-refractivity contribution in [3.8, 4) is 5.75 Å². The molecule has 2 bridgehead atoms. The van der Waals surface area contributed by atoms with E-state index in [9.17, 15) is 14.4 Å². The summed E-state index contributed by atoms with van der Waals surface area (Å²) >= 11 is 0. The molecule has 3 aromatic rings. The fourth-order valence-electron chi connectivity index (χ4n) is 5.03. The summed E-state index contributed by atoms with van der Waals surface area (Å²) in [5.41, 5.74) is 7.46. The molecule has 38 heavy (non-hydrogen) atoms. The lowest BCUT2D eigenvalue weighted by atomic mass is 10.1. The van der Waals surface area contributed by atoms with Crippen molar-refractivity contribution in [1.29, 1.82) is 0 Å². The molecule has 1 fully saturated rings. The second-order valence-corrected chi connectivity index (χ2v) is 9.88. The predicted molar refractivity (Wildman–Crippen MR) is 143 cm³/mol. The highest BCUT2D eigenvalue weighted by molar-refractivity contribution is 5.97. The number of ether oxygens (including phenoxy) is 2. The van der Waals surface area contributed by atoms with E-state index in [2.05, 4.69) is 5.32 Å². The summed E-state index contributed by atoms with van der Waals surface area (Å²) in [5, 5.41) is 5.12. The van der Waals surface area contributed by atoms with Crippen LogP contribution in [0, 0.1) is 0 Å². The van der Waals surface area contributed by atoms with Gasteiger partial charge in [0.25, 0.3) is 5.91 Å². The highest BCUT2D eigenvalue weighted by Gasteiger charge is 2.35. The van der Waals surface area contributed by atoms with Gasteiger partial charge in [-0.05, 0) is 47.0 Å². The fraction of sp³-hybridized carbons (Fsp3) is 0.345. The molecular formula is C29H32N4O5. The number of nitrogens with one attached hydrogen (secondary N) is 1. The Kier molecular flexibility index (Phi) is 7.57. The van der Waals surface area contributed by atoms with Gasteiger partial charge < -0.3 is 30.3 Å². The third-order valence-electron chi connectivity index (χ3n) is 7.16. The van der Waals surface area contributed by atoms with Crippen LogP contribution >= 0.6 is 0 Å². The van der Waals surface area contributed by atoms with E-state index in [1.807, 2.05) is 42.5 Å². The number of hydrogen-bond donors (Lipinski definition) is 2. The van der Waals surface area contributed by atoms with Crippen LogP contribution in [0.15, 0.2) is 66.7 Å². The lowest BCUT2D eigenvalue weighted by molar-refractivity contribution is -0.139. The second kappa shape index (κ2) is 11.2. The van der Waals surface area contributed by atoms with E-state index in [0.717, 1.165) is 16.3 Å². The van der Waals surface area contributed by atoms with E-state index in [0.29, 0.717) is 24.3 Å². The normalized spacial score (nSPS) is 22.5. The number of fused-ring (bicyclic) bond motifs is 4. The van der Waals surface area contributed by atoms with E-state index >= 15 is 0 Å². The summed E-state index contributed by atoms with van der Waals surface area (Å²) in [7, 11) is 1.56. The number of carbonyl (C=O) groups excluding carboxylic acids is 3. The standard InChI is InChI=1S/C29H32N4O5/c1-32-26(28(35)31-14-19-9-10-20-5-2-3-6-21(20)11-19)17-37-18-27(34)33-15-23(30)13-24(33)16-38-25-8-4-7-22(12-25)29(32)36/h2-12,23-24,26H,13-18,30H2,1H3,(H,31,35)/t23-,24-,26-/m0/s1. The molecule has 0 saturated carbocycles. The molecule has 198 valence electrons. The van der Waals surface area contributed by atoms with Gasteiger partial charge >= 0.3 is 0 Å². The number of hydrogen-bond acceptors (Lipinski definition) is 6. The molecule has 2 aliphatic rings. The van der Waals surface area contributed by atoms with Crippen LogP contribution in [0.3, 0.4) is 0 Å². The number of nitrogens with two attached hydrogens (primary N) is 1. The molecule has 2 heterocycles. The molecule has 0 aliphatic carbocycles. The maximum absolute atomic E-state index is 13.3. The first-order valence-corrected chi connectivity index (χ1v) is 12.8. The molecule has 3 N–H and O–H groups in total. The van der Waals surface area contributed by atoms with Crippen LogP contribution in [-0.2, 0) is 20.9 Å². The summed E-state index contributed by atoms with van der Waals surface area (Å²) in [6.45, 7) is 0.637. The van der Waals surface area contributed by atoms with Crippen molar-refractivity contribution in [3.05, 3.63) is 77.9 Å². The van der Waals surface area contributed by atoms with Crippen molar-refractivity contribution in [1.82, 2.24) is 15.1 Å². The summed E-state index contributed by atoms with van der Waals surface area (Å²) < 4.78 is 11.7. The molecule has 9 heteroatoms. The molecular weight excluding hydrogens is 484 g/mol. The third kappa shape index (κ3) is 5.64. The van der Waals surface area contributed by atoms with Crippen molar-refractivity contribution in [2.75, 3.05) is 33.4 Å². The van der Waals surface area contributed by atoms with Gasteiger partial charge in [0.2, 0.25) is 11.8 Å². The van der Waals surface area contributed by atoms with E-state index in [-0.39, 0.29) is 56.2 Å². The Morgan fingerprint density at radius 3 is 2.68 bits per heavy atom. The number of amides is 3. The van der Waals surface area contributed by atoms with E-state index in [1.165, 1.54) is 4.90 Å². The lowest BCUT2D eigenvalue weighted by Crippen LogP contribution is -2.50. The molecule has 5 rings (SSSR count). The van der Waals surface area contributed by atoms with Gasteiger partial charge in [-0.1, -0.05) is 42.5 Å². The first-order valence-electron chi connectivity index (χ1n) is 12.8. The summed E-state index contributed by atoms with van der Waals surface area (Å²) in [6, 6.07) is 19.6. The molecule has 1 saturated heterocycles. The highest BCUT2D eigenvalue weighted by atomic mass is 16.5. The van der Waals surface area contributed by atoms with Crippen molar-refractivity contribution in [2.24, 2.45) is 5.73 Å². The SMILES string of the molecule is CN1C(=O)c2cccc(c2)OC[C@@H]2C[C@H](N)CN2C(=O)COC[C@H]1C(=O)NCc1ccc2ccccc2c1. The number of nitrogens with zero attached hydrogens (tertiary/aromatic N) is 2. The van der Waals surface area contributed by atoms with Crippen molar-refractivity contribution in [2.45, 2.75) is 31.1 Å². The number of rotatable bonds is 3. The van der Waals surface area contributed by atoms with Crippen LogP contribution in [0.5, 0.6) is 5.75 Å². The highest BCUT2D eigenvalue weighted by Crippen LogP contribution is 2.22. The Hall–Kier alpha value is -3.95. The first-order chi connectivity index (χ1) is 18.4. The van der Waals surface area contributed by atoms with Gasteiger partial charge in [-0.3, -0.25) is 14.4 Å². The third-order valence-corrected chi connectivity index (χ3v) is 7.16. The summed E-state index contributed by atoms with van der Waals surface area (Å²) in [6.07, 6.45) is 0.618. The molecule has 3 aromatic carbocycles. The van der Waals surface area contributed by atoms with Gasteiger partial charge in [0.1, 0.15) is 25.0 Å². The average Bonchev–Trinajstić information content (AvgIpc) is 3.32. The summed E-state index contributed by atoms with van der Waals surface area (Å²) in [4.78, 5) is 42.7. The Balaban J connectivity index is 1.35. The minimum atomic E-state index is -0.945. The molecule has 0 radical (unpaired) electrons. The zero-order valence-electron chi connectivity index (χ0n) is 21.3. The fourth-order valence-corrected chi connectivity index (χ4v) is 5.03. The molecule has 3 atom stereocenters. The van der Waals surface area contributed by atoms with Crippen LogP contribution in [0.4, 0.5) is 0 Å². The largest absolute Gasteiger partial charge is 0.491 e. The minimum Gasteiger partial charge on any atom is -0.491 e. The molecule has 9 nitrogen and oxygen atoms in total. The number of benzene rings is 3. The average molecular weight is 517 g/mol. The van der Waals surface area contributed by atoms with Crippen molar-refractivity contribution >= 4 is 28.5 Å². The summed E-state index contributed by atoms with van der Waals surface area (Å²) in [5.74, 6) is -0.427. The van der Waals surface area contributed by atoms with Gasteiger partial charge in [0.15, 0.2) is 0 Å². The van der Waals surface area contributed by atoms with Gasteiger partial charge in [0, 0.05) is 31.7 Å². The Bertz CT molecular complexity index is 1350. The zero-order valence-corrected chi connectivity index (χ0v) is 21.3. The van der Waals surface area contributed by atoms with Gasteiger partial charge in [0.05, 0.1) is 12.6 Å². The van der Waals surface area contributed by atoms with Crippen LogP contribution in [0.25, 0.3) is 10.8 Å². The van der Waals surface area contributed by atoms with Gasteiger partial charge in [-0.15, -0.1) is 0 Å². The van der Waals surface area contributed by atoms with Gasteiger partial charge in [-0.25, -0.2) is 0 Å². The van der Waals surface area contributed by atoms with Gasteiger partial charge in [-0.2, -0.15) is 0 Å². The van der Waals surface area contributed by atoms with Crippen molar-refractivity contribution in [3.63, 3.8) is 0 Å². The van der Waals surface area contributed by atoms with Crippen LogP contribution in [0.2, 0.25) is 0 Å². The Morgan fingerprint density at radius 1 is 1.03 bits per heavy atom. The van der Waals surface area contributed by atoms with E-state index < -0.39 is 6.04 Å². The maximum Gasteiger partial charge on any atom is 0.254 e. The molecule has 2 aliphatic heterocycles. The predicted octanol–water partition coefficient (Wildman–Crippen LogP) is 1.93. The smallest absolute Gasteiger partial charge is 0.254 e. The van der Waals surface area contributed by atoms with E-state index in [4.69, 9.17) is 15.2 Å². The van der Waals surface area contributed by atoms with Crippen LogP contribution in [0.1, 0.15) is 22.3 Å². The molecule has 0 aromatic heterocycles. The Morgan fingerprint density at radius 2 is 1.84 bits per heavy atom. The quantitative estimate of drug-likeness (QED) is 0.550. The monoisotopic (exact) mass is 516 g/mol. The topological polar surface area (TPSA) is 114 Å². The van der Waals surface area contributed by atoms with Crippen LogP contribution in [-0.4, -0.2) is 79.1 Å². The Labute approximate surface area is 221 Å². The number of carbonyl (C=O) groups is 3. The number of likely N-dealkylation sites (N-methyl/N-ethyl adjacent to an activating group) is 1. The lowest BCUT2D eigenvalue weighted by Gasteiger charge is -2.29. The minimum absolute atomic E-state index is 0.127. The van der Waals surface area contributed by atoms with Crippen molar-refractivity contribution < 1.29 is 23.9 Å². The first kappa shape index (κ1) is 25.7. The molecule has 3 amide bonds. The second-order valence-electron chi connectivity index (χ2n) is 9.88. The maximum atomic E-state index is 13.3. The van der Waals surface area contributed by atoms with Crippen LogP contribution < -0.4 is 15.8 Å².